The summed E-state index contributed by atoms with van der Waals surface area (Å²) in [6.45, 7) is 9.90. The Morgan fingerprint density at radius 3 is 2.48 bits per heavy atom. The van der Waals surface area contributed by atoms with Crippen LogP contribution < -0.4 is 10.6 Å². The van der Waals surface area contributed by atoms with Gasteiger partial charge < -0.3 is 15.5 Å². The summed E-state index contributed by atoms with van der Waals surface area (Å²) in [5, 5.41) is 6.84. The number of rotatable bonds is 8. The number of aliphatic imine (C=N–C) groups is 1. The molecule has 0 aromatic heterocycles. The third kappa shape index (κ3) is 7.60. The first-order chi connectivity index (χ1) is 16.0. The van der Waals surface area contributed by atoms with E-state index in [2.05, 4.69) is 53.6 Å². The smallest absolute Gasteiger partial charge is 0.253 e. The third-order valence-electron chi connectivity index (χ3n) is 6.07. The van der Waals surface area contributed by atoms with Gasteiger partial charge in [-0.15, -0.1) is 0 Å². The highest BCUT2D eigenvalue weighted by Crippen LogP contribution is 2.19. The van der Waals surface area contributed by atoms with Crippen molar-refractivity contribution in [3.63, 3.8) is 0 Å². The van der Waals surface area contributed by atoms with E-state index < -0.39 is 0 Å². The summed E-state index contributed by atoms with van der Waals surface area (Å²) in [6, 6.07) is 16.4. The molecule has 0 aliphatic carbocycles. The van der Waals surface area contributed by atoms with Gasteiger partial charge in [-0.1, -0.05) is 43.3 Å². The topological polar surface area (TPSA) is 60.0 Å². The first-order valence-electron chi connectivity index (χ1n) is 12.1. The Kier molecular flexibility index (Phi) is 9.31. The normalized spacial score (nSPS) is 17.0. The molecule has 0 bridgehead atoms. The maximum absolute atomic E-state index is 12.1. The molecule has 0 spiro atoms. The fourth-order valence-corrected chi connectivity index (χ4v) is 4.26. The van der Waals surface area contributed by atoms with Crippen molar-refractivity contribution in [3.05, 3.63) is 70.8 Å². The second kappa shape index (κ2) is 12.4. The molecule has 2 N–H and O–H groups in total. The van der Waals surface area contributed by atoms with Gasteiger partial charge in [0.15, 0.2) is 5.96 Å². The number of likely N-dealkylation sites (tertiary alicyclic amines) is 1. The highest BCUT2D eigenvalue weighted by molar-refractivity contribution is 5.93. The lowest BCUT2D eigenvalue weighted by Crippen LogP contribution is -2.37. The zero-order valence-corrected chi connectivity index (χ0v) is 20.6. The molecule has 178 valence electrons. The predicted octanol–water partition coefficient (Wildman–Crippen LogP) is 3.88. The molecule has 1 amide bonds. The highest BCUT2D eigenvalue weighted by Gasteiger charge is 2.17. The predicted molar refractivity (Wildman–Crippen MR) is 136 cm³/mol. The Morgan fingerprint density at radius 2 is 1.82 bits per heavy atom. The third-order valence-corrected chi connectivity index (χ3v) is 6.07. The van der Waals surface area contributed by atoms with E-state index in [9.17, 15) is 4.79 Å². The average molecular weight is 450 g/mol. The van der Waals surface area contributed by atoms with Crippen molar-refractivity contribution >= 4 is 11.9 Å². The van der Waals surface area contributed by atoms with Crippen LogP contribution in [0.5, 0.6) is 0 Å². The second-order valence-corrected chi connectivity index (χ2v) is 9.20. The molecule has 2 aromatic rings. The van der Waals surface area contributed by atoms with Crippen molar-refractivity contribution in [1.29, 1.82) is 0 Å². The Labute approximate surface area is 199 Å². The van der Waals surface area contributed by atoms with Gasteiger partial charge in [-0.3, -0.25) is 9.69 Å². The fourth-order valence-electron chi connectivity index (χ4n) is 4.26. The van der Waals surface area contributed by atoms with Crippen LogP contribution >= 0.6 is 0 Å². The lowest BCUT2D eigenvalue weighted by atomic mass is 9.99. The summed E-state index contributed by atoms with van der Waals surface area (Å²) < 4.78 is 0. The standard InChI is InChI=1S/C27H39N5O/c1-5-28-27(29-17-22-12-14-23(15-13-22)26(33)31(3)4)30-18-24-10-6-7-11-25(24)20-32-16-8-9-21(2)19-32/h6-7,10-15,21H,5,8-9,16-20H2,1-4H3,(H2,28,29,30). The number of amides is 1. The van der Waals surface area contributed by atoms with Gasteiger partial charge in [-0.25, -0.2) is 4.99 Å². The zero-order valence-electron chi connectivity index (χ0n) is 20.6. The number of hydrogen-bond acceptors (Lipinski definition) is 3. The number of carbonyl (C=O) groups is 1. The average Bonchev–Trinajstić information content (AvgIpc) is 2.81. The minimum absolute atomic E-state index is 0.0118. The van der Waals surface area contributed by atoms with Gasteiger partial charge >= 0.3 is 0 Å². The van der Waals surface area contributed by atoms with Gasteiger partial charge in [0.25, 0.3) is 5.91 Å². The molecule has 3 rings (SSSR count). The van der Waals surface area contributed by atoms with Gasteiger partial charge in [0.1, 0.15) is 0 Å². The Bertz CT molecular complexity index is 922. The fraction of sp³-hybridized carbons (Fsp3) is 0.481. The molecule has 6 heteroatoms. The molecule has 0 saturated carbocycles. The zero-order chi connectivity index (χ0) is 23.6. The van der Waals surface area contributed by atoms with E-state index in [1.165, 1.54) is 37.1 Å². The molecule has 1 heterocycles. The number of benzene rings is 2. The van der Waals surface area contributed by atoms with Crippen LogP contribution in [0.1, 0.15) is 53.7 Å². The maximum atomic E-state index is 12.1. The summed E-state index contributed by atoms with van der Waals surface area (Å²) >= 11 is 0. The van der Waals surface area contributed by atoms with Crippen molar-refractivity contribution in [3.8, 4) is 0 Å². The molecule has 6 nitrogen and oxygen atoms in total. The van der Waals surface area contributed by atoms with E-state index in [-0.39, 0.29) is 5.91 Å². The van der Waals surface area contributed by atoms with Crippen LogP contribution in [0, 0.1) is 5.92 Å². The van der Waals surface area contributed by atoms with Crippen LogP contribution in [0.4, 0.5) is 0 Å². The van der Waals surface area contributed by atoms with Crippen LogP contribution in [0.15, 0.2) is 53.5 Å². The van der Waals surface area contributed by atoms with E-state index >= 15 is 0 Å². The van der Waals surface area contributed by atoms with E-state index in [4.69, 9.17) is 4.99 Å². The van der Waals surface area contributed by atoms with Crippen molar-refractivity contribution in [2.75, 3.05) is 33.7 Å². The van der Waals surface area contributed by atoms with Gasteiger partial charge in [-0.2, -0.15) is 0 Å². The van der Waals surface area contributed by atoms with Crippen LogP contribution in [0.3, 0.4) is 0 Å². The molecule has 33 heavy (non-hydrogen) atoms. The minimum atomic E-state index is 0.0118. The lowest BCUT2D eigenvalue weighted by molar-refractivity contribution is 0.0827. The highest BCUT2D eigenvalue weighted by atomic mass is 16.2. The molecule has 1 fully saturated rings. The van der Waals surface area contributed by atoms with Crippen molar-refractivity contribution in [1.82, 2.24) is 20.4 Å². The number of hydrogen-bond donors (Lipinski definition) is 2. The van der Waals surface area contributed by atoms with Gasteiger partial charge in [0.2, 0.25) is 0 Å². The Hall–Kier alpha value is -2.86. The van der Waals surface area contributed by atoms with E-state index in [0.717, 1.165) is 37.1 Å². The lowest BCUT2D eigenvalue weighted by Gasteiger charge is -2.31. The molecular formula is C27H39N5O. The number of piperidine rings is 1. The summed E-state index contributed by atoms with van der Waals surface area (Å²) in [7, 11) is 3.53. The van der Waals surface area contributed by atoms with Gasteiger partial charge in [0, 0.05) is 45.8 Å². The van der Waals surface area contributed by atoms with Gasteiger partial charge in [0.05, 0.1) is 6.54 Å². The summed E-state index contributed by atoms with van der Waals surface area (Å²) in [5.74, 6) is 1.59. The minimum Gasteiger partial charge on any atom is -0.357 e. The Morgan fingerprint density at radius 1 is 1.09 bits per heavy atom. The van der Waals surface area contributed by atoms with E-state index in [0.29, 0.717) is 12.1 Å². The van der Waals surface area contributed by atoms with Crippen LogP contribution in [-0.2, 0) is 19.6 Å². The number of nitrogens with zero attached hydrogens (tertiary/aromatic N) is 3. The van der Waals surface area contributed by atoms with E-state index in [1.54, 1.807) is 19.0 Å². The number of guanidine groups is 1. The monoisotopic (exact) mass is 449 g/mol. The van der Waals surface area contributed by atoms with Crippen LogP contribution in [0.25, 0.3) is 0 Å². The second-order valence-electron chi connectivity index (χ2n) is 9.20. The quantitative estimate of drug-likeness (QED) is 0.474. The number of carbonyl (C=O) groups excluding carboxylic acids is 1. The maximum Gasteiger partial charge on any atom is 0.253 e. The summed E-state index contributed by atoms with van der Waals surface area (Å²) in [4.78, 5) is 21.0. The first kappa shape index (κ1) is 24.8. The largest absolute Gasteiger partial charge is 0.357 e. The van der Waals surface area contributed by atoms with Crippen molar-refractivity contribution in [2.45, 2.75) is 46.3 Å². The molecule has 0 radical (unpaired) electrons. The molecule has 2 aromatic carbocycles. The summed E-state index contributed by atoms with van der Waals surface area (Å²) in [6.07, 6.45) is 2.64. The molecule has 1 aliphatic heterocycles. The van der Waals surface area contributed by atoms with Crippen molar-refractivity contribution in [2.24, 2.45) is 10.9 Å². The Balaban J connectivity index is 1.61. The number of nitrogens with one attached hydrogen (secondary N) is 2. The molecule has 1 aliphatic rings. The van der Waals surface area contributed by atoms with Crippen LogP contribution in [-0.4, -0.2) is 55.4 Å². The molecule has 1 atom stereocenters. The molecule has 1 saturated heterocycles. The first-order valence-corrected chi connectivity index (χ1v) is 12.1. The molecule has 1 unspecified atom stereocenters. The molecular weight excluding hydrogens is 410 g/mol. The van der Waals surface area contributed by atoms with Gasteiger partial charge in [-0.05, 0) is 61.1 Å². The van der Waals surface area contributed by atoms with Crippen LogP contribution in [0.2, 0.25) is 0 Å². The van der Waals surface area contributed by atoms with Crippen molar-refractivity contribution < 1.29 is 4.79 Å². The summed E-state index contributed by atoms with van der Waals surface area (Å²) in [5.41, 5.74) is 4.46. The van der Waals surface area contributed by atoms with E-state index in [1.807, 2.05) is 24.3 Å². The SMILES string of the molecule is CCNC(=NCc1ccc(C(=O)N(C)C)cc1)NCc1ccccc1CN1CCCC(C)C1.